The third kappa shape index (κ3) is 3.44. The third-order valence-corrected chi connectivity index (χ3v) is 4.71. The number of ether oxygens (including phenoxy) is 1. The summed E-state index contributed by atoms with van der Waals surface area (Å²) < 4.78 is 7.79. The van der Waals surface area contributed by atoms with Gasteiger partial charge in [0.1, 0.15) is 0 Å². The van der Waals surface area contributed by atoms with E-state index in [0.717, 1.165) is 29.1 Å². The molecule has 1 aliphatic rings. The predicted molar refractivity (Wildman–Crippen MR) is 98.6 cm³/mol. The molecule has 6 heteroatoms. The van der Waals surface area contributed by atoms with E-state index in [1.165, 1.54) is 19.4 Å². The number of rotatable bonds is 4. The summed E-state index contributed by atoms with van der Waals surface area (Å²) in [6.45, 7) is 2.96. The summed E-state index contributed by atoms with van der Waals surface area (Å²) in [5.41, 5.74) is 9.32. The lowest BCUT2D eigenvalue weighted by molar-refractivity contribution is 0.146. The Hall–Kier alpha value is -2.60. The molecule has 0 spiro atoms. The highest BCUT2D eigenvalue weighted by Gasteiger charge is 2.18. The highest BCUT2D eigenvalue weighted by molar-refractivity contribution is 5.66. The van der Waals surface area contributed by atoms with E-state index in [2.05, 4.69) is 22.0 Å². The van der Waals surface area contributed by atoms with Gasteiger partial charge in [-0.1, -0.05) is 12.1 Å². The van der Waals surface area contributed by atoms with Crippen molar-refractivity contribution in [3.63, 3.8) is 0 Å². The molecule has 0 amide bonds. The van der Waals surface area contributed by atoms with Crippen molar-refractivity contribution in [2.75, 3.05) is 32.5 Å². The lowest BCUT2D eigenvalue weighted by Gasteiger charge is -2.29. The van der Waals surface area contributed by atoms with E-state index in [-0.39, 0.29) is 0 Å². The first-order valence-electron chi connectivity index (χ1n) is 8.71. The first-order chi connectivity index (χ1) is 12.2. The average molecular weight is 337 g/mol. The van der Waals surface area contributed by atoms with Gasteiger partial charge in [-0.3, -0.25) is 0 Å². The maximum Gasteiger partial charge on any atom is 0.231 e. The molecule has 3 heterocycles. The van der Waals surface area contributed by atoms with Crippen LogP contribution in [0.15, 0.2) is 42.6 Å². The summed E-state index contributed by atoms with van der Waals surface area (Å²) in [5.74, 6) is 1.19. The molecule has 6 nitrogen and oxygen atoms in total. The molecule has 1 fully saturated rings. The molecule has 1 saturated heterocycles. The van der Waals surface area contributed by atoms with E-state index in [4.69, 9.17) is 10.5 Å². The standard InChI is InChI=1S/C19H23N5O/c1-23-9-3-4-14(12-23)13-25-19-8-7-18-21-11-17(24(18)22-19)15-5-2-6-16(20)10-15/h2,5-8,10-11,14H,3-4,9,12-13,20H2,1H3. The van der Waals surface area contributed by atoms with Crippen molar-refractivity contribution in [1.29, 1.82) is 0 Å². The van der Waals surface area contributed by atoms with Gasteiger partial charge in [-0.2, -0.15) is 0 Å². The normalized spacial score (nSPS) is 18.5. The van der Waals surface area contributed by atoms with Gasteiger partial charge < -0.3 is 15.4 Å². The molecule has 130 valence electrons. The van der Waals surface area contributed by atoms with Gasteiger partial charge in [-0.15, -0.1) is 5.10 Å². The molecule has 2 aromatic heterocycles. The molecular weight excluding hydrogens is 314 g/mol. The lowest BCUT2D eigenvalue weighted by atomic mass is 10.00. The fraction of sp³-hybridized carbons (Fsp3) is 0.368. The smallest absolute Gasteiger partial charge is 0.231 e. The number of benzene rings is 1. The van der Waals surface area contributed by atoms with Gasteiger partial charge in [-0.05, 0) is 44.6 Å². The van der Waals surface area contributed by atoms with Crippen LogP contribution in [0.5, 0.6) is 5.88 Å². The summed E-state index contributed by atoms with van der Waals surface area (Å²) in [7, 11) is 2.17. The molecule has 1 atom stereocenters. The number of aromatic nitrogens is 3. The van der Waals surface area contributed by atoms with Crippen molar-refractivity contribution >= 4 is 11.3 Å². The van der Waals surface area contributed by atoms with Gasteiger partial charge in [0.15, 0.2) is 5.65 Å². The Morgan fingerprint density at radius 2 is 2.20 bits per heavy atom. The van der Waals surface area contributed by atoms with Crippen LogP contribution >= 0.6 is 0 Å². The Kier molecular flexibility index (Phi) is 4.28. The number of nitrogens with two attached hydrogens (primary N) is 1. The Morgan fingerprint density at radius 3 is 3.04 bits per heavy atom. The summed E-state index contributed by atoms with van der Waals surface area (Å²) in [6, 6.07) is 11.6. The minimum atomic E-state index is 0.562. The van der Waals surface area contributed by atoms with E-state index >= 15 is 0 Å². The van der Waals surface area contributed by atoms with Crippen molar-refractivity contribution in [2.45, 2.75) is 12.8 Å². The van der Waals surface area contributed by atoms with Crippen LogP contribution in [-0.4, -0.2) is 46.2 Å². The van der Waals surface area contributed by atoms with Crippen molar-refractivity contribution in [2.24, 2.45) is 5.92 Å². The van der Waals surface area contributed by atoms with Gasteiger partial charge in [0.25, 0.3) is 0 Å². The number of hydrogen-bond donors (Lipinski definition) is 1. The third-order valence-electron chi connectivity index (χ3n) is 4.71. The summed E-state index contributed by atoms with van der Waals surface area (Å²) >= 11 is 0. The topological polar surface area (TPSA) is 68.7 Å². The van der Waals surface area contributed by atoms with Crippen LogP contribution < -0.4 is 10.5 Å². The second kappa shape index (κ2) is 6.72. The minimum Gasteiger partial charge on any atom is -0.476 e. The molecule has 2 N–H and O–H groups in total. The molecule has 0 radical (unpaired) electrons. The van der Waals surface area contributed by atoms with Crippen molar-refractivity contribution < 1.29 is 4.74 Å². The van der Waals surface area contributed by atoms with E-state index in [9.17, 15) is 0 Å². The quantitative estimate of drug-likeness (QED) is 0.741. The number of fused-ring (bicyclic) bond motifs is 1. The summed E-state index contributed by atoms with van der Waals surface area (Å²) in [4.78, 5) is 6.79. The molecule has 1 aromatic carbocycles. The van der Waals surface area contributed by atoms with Crippen LogP contribution in [0.3, 0.4) is 0 Å². The lowest BCUT2D eigenvalue weighted by Crippen LogP contribution is -2.34. The number of hydrogen-bond acceptors (Lipinski definition) is 5. The fourth-order valence-corrected chi connectivity index (χ4v) is 3.44. The number of nitrogen functional groups attached to an aromatic ring is 1. The number of anilines is 1. The Labute approximate surface area is 147 Å². The minimum absolute atomic E-state index is 0.562. The monoisotopic (exact) mass is 337 g/mol. The zero-order valence-corrected chi connectivity index (χ0v) is 14.4. The molecular formula is C19H23N5O. The van der Waals surface area contributed by atoms with Gasteiger partial charge in [-0.25, -0.2) is 9.50 Å². The Bertz CT molecular complexity index is 875. The molecule has 25 heavy (non-hydrogen) atoms. The molecule has 0 saturated carbocycles. The van der Waals surface area contributed by atoms with Gasteiger partial charge in [0.05, 0.1) is 18.5 Å². The van der Waals surface area contributed by atoms with Gasteiger partial charge >= 0.3 is 0 Å². The highest BCUT2D eigenvalue weighted by Crippen LogP contribution is 2.23. The predicted octanol–water partition coefficient (Wildman–Crippen LogP) is 2.70. The SMILES string of the molecule is CN1CCCC(COc2ccc3ncc(-c4cccc(N)c4)n3n2)C1. The molecule has 1 unspecified atom stereocenters. The van der Waals surface area contributed by atoms with E-state index in [0.29, 0.717) is 18.4 Å². The van der Waals surface area contributed by atoms with Crippen molar-refractivity contribution in [3.8, 4) is 17.1 Å². The number of likely N-dealkylation sites (tertiary alicyclic amines) is 1. The van der Waals surface area contributed by atoms with E-state index in [1.54, 1.807) is 0 Å². The molecule has 0 bridgehead atoms. The Morgan fingerprint density at radius 1 is 1.28 bits per heavy atom. The summed E-state index contributed by atoms with van der Waals surface area (Å²) in [6.07, 6.45) is 4.27. The molecule has 3 aromatic rings. The van der Waals surface area contributed by atoms with Crippen LogP contribution in [0.25, 0.3) is 16.9 Å². The zero-order valence-electron chi connectivity index (χ0n) is 14.4. The molecule has 4 rings (SSSR count). The number of piperidine rings is 1. The molecule has 1 aliphatic heterocycles. The number of nitrogens with zero attached hydrogens (tertiary/aromatic N) is 4. The second-order valence-electron chi connectivity index (χ2n) is 6.79. The Balaban J connectivity index is 1.56. The highest BCUT2D eigenvalue weighted by atomic mass is 16.5. The maximum absolute atomic E-state index is 5.97. The van der Waals surface area contributed by atoms with Crippen molar-refractivity contribution in [1.82, 2.24) is 19.5 Å². The van der Waals surface area contributed by atoms with Crippen LogP contribution in [0.1, 0.15) is 12.8 Å². The fourth-order valence-electron chi connectivity index (χ4n) is 3.44. The van der Waals surface area contributed by atoms with Crippen LogP contribution in [0.2, 0.25) is 0 Å². The maximum atomic E-state index is 5.97. The first kappa shape index (κ1) is 15.9. The average Bonchev–Trinajstić information content (AvgIpc) is 3.03. The van der Waals surface area contributed by atoms with Gasteiger partial charge in [0.2, 0.25) is 5.88 Å². The van der Waals surface area contributed by atoms with E-state index in [1.807, 2.05) is 47.1 Å². The largest absolute Gasteiger partial charge is 0.476 e. The van der Waals surface area contributed by atoms with Crippen LogP contribution in [-0.2, 0) is 0 Å². The number of imidazole rings is 1. The second-order valence-corrected chi connectivity index (χ2v) is 6.79. The van der Waals surface area contributed by atoms with E-state index < -0.39 is 0 Å². The van der Waals surface area contributed by atoms with Crippen LogP contribution in [0, 0.1) is 5.92 Å². The zero-order chi connectivity index (χ0) is 17.2. The summed E-state index contributed by atoms with van der Waals surface area (Å²) in [5, 5.41) is 4.62. The van der Waals surface area contributed by atoms with Gasteiger partial charge in [0, 0.05) is 29.8 Å². The van der Waals surface area contributed by atoms with Crippen LogP contribution in [0.4, 0.5) is 5.69 Å². The van der Waals surface area contributed by atoms with Crippen molar-refractivity contribution in [3.05, 3.63) is 42.6 Å². The first-order valence-corrected chi connectivity index (χ1v) is 8.71. The molecule has 0 aliphatic carbocycles.